The van der Waals surface area contributed by atoms with Gasteiger partial charge in [-0.2, -0.15) is 0 Å². The van der Waals surface area contributed by atoms with Crippen LogP contribution in [-0.2, 0) is 16.1 Å². The van der Waals surface area contributed by atoms with E-state index >= 15 is 0 Å². The van der Waals surface area contributed by atoms with Crippen LogP contribution in [0, 0.1) is 0 Å². The van der Waals surface area contributed by atoms with Crippen molar-refractivity contribution < 1.29 is 28.5 Å². The summed E-state index contributed by atoms with van der Waals surface area (Å²) in [5.41, 5.74) is 3.32. The molecule has 0 unspecified atom stereocenters. The van der Waals surface area contributed by atoms with Crippen molar-refractivity contribution in [1.29, 1.82) is 0 Å². The molecular formula is C38H34N2O7S. The number of hydrogen-bond donors (Lipinski definition) is 0. The monoisotopic (exact) mass is 662 g/mol. The summed E-state index contributed by atoms with van der Waals surface area (Å²) in [6, 6.07) is 29.2. The zero-order valence-corrected chi connectivity index (χ0v) is 27.8. The van der Waals surface area contributed by atoms with E-state index in [-0.39, 0.29) is 17.7 Å². The van der Waals surface area contributed by atoms with Crippen LogP contribution in [0.1, 0.15) is 35.2 Å². The first-order valence-electron chi connectivity index (χ1n) is 15.3. The topological polar surface area (TPSA) is 97.6 Å². The van der Waals surface area contributed by atoms with Crippen molar-refractivity contribution in [1.82, 2.24) is 4.57 Å². The van der Waals surface area contributed by atoms with Crippen LogP contribution in [0.4, 0.5) is 0 Å². The Kier molecular flexibility index (Phi) is 9.73. The first-order chi connectivity index (χ1) is 23.5. The highest BCUT2D eigenvalue weighted by molar-refractivity contribution is 7.07. The summed E-state index contributed by atoms with van der Waals surface area (Å²) >= 11 is 1.22. The van der Waals surface area contributed by atoms with Gasteiger partial charge in [-0.05, 0) is 42.3 Å². The number of methoxy groups -OCH3 is 3. The van der Waals surface area contributed by atoms with Crippen molar-refractivity contribution in [3.63, 3.8) is 0 Å². The van der Waals surface area contributed by atoms with E-state index in [4.69, 9.17) is 28.7 Å². The molecule has 0 aliphatic carbocycles. The van der Waals surface area contributed by atoms with E-state index in [1.54, 1.807) is 43.9 Å². The molecular weight excluding hydrogens is 628 g/mol. The molecule has 1 aliphatic heterocycles. The third-order valence-electron chi connectivity index (χ3n) is 7.84. The van der Waals surface area contributed by atoms with Gasteiger partial charge in [0.2, 0.25) is 0 Å². The number of carbonyl (C=O) groups excluding carboxylic acids is 1. The molecule has 5 aromatic rings. The maximum Gasteiger partial charge on any atom is 0.338 e. The van der Waals surface area contributed by atoms with E-state index < -0.39 is 12.0 Å². The second-order valence-corrected chi connectivity index (χ2v) is 11.7. The lowest BCUT2D eigenvalue weighted by molar-refractivity contribution is -0.138. The van der Waals surface area contributed by atoms with E-state index in [9.17, 15) is 9.59 Å². The Labute approximate surface area is 281 Å². The largest absolute Gasteiger partial charge is 0.493 e. The molecule has 9 nitrogen and oxygen atoms in total. The van der Waals surface area contributed by atoms with Gasteiger partial charge in [0.15, 0.2) is 27.8 Å². The summed E-state index contributed by atoms with van der Waals surface area (Å²) in [5, 5.41) is 0. The van der Waals surface area contributed by atoms with Crippen LogP contribution in [-0.4, -0.2) is 38.5 Å². The average molecular weight is 663 g/mol. The van der Waals surface area contributed by atoms with Gasteiger partial charge in [-0.25, -0.2) is 9.79 Å². The van der Waals surface area contributed by atoms with Gasteiger partial charge < -0.3 is 23.7 Å². The molecule has 0 spiro atoms. The van der Waals surface area contributed by atoms with Gasteiger partial charge in [0.1, 0.15) is 6.61 Å². The number of aromatic nitrogens is 1. The summed E-state index contributed by atoms with van der Waals surface area (Å²) in [6.07, 6.45) is 1.77. The van der Waals surface area contributed by atoms with Crippen molar-refractivity contribution in [3.05, 3.63) is 145 Å². The third-order valence-corrected chi connectivity index (χ3v) is 8.82. The van der Waals surface area contributed by atoms with Crippen LogP contribution in [0.25, 0.3) is 11.8 Å². The zero-order valence-electron chi connectivity index (χ0n) is 27.0. The van der Waals surface area contributed by atoms with Crippen LogP contribution in [0.3, 0.4) is 0 Å². The van der Waals surface area contributed by atoms with Crippen LogP contribution < -0.4 is 33.8 Å². The third kappa shape index (κ3) is 6.34. The number of benzene rings is 4. The maximum atomic E-state index is 14.5. The van der Waals surface area contributed by atoms with E-state index in [1.165, 1.54) is 18.4 Å². The number of hydrogen-bond acceptors (Lipinski definition) is 9. The van der Waals surface area contributed by atoms with Gasteiger partial charge in [-0.15, -0.1) is 0 Å². The van der Waals surface area contributed by atoms with Gasteiger partial charge in [0.05, 0.1) is 49.8 Å². The summed E-state index contributed by atoms with van der Waals surface area (Å²) in [7, 11) is 4.66. The fourth-order valence-electron chi connectivity index (χ4n) is 5.61. The minimum Gasteiger partial charge on any atom is -0.493 e. The van der Waals surface area contributed by atoms with E-state index in [1.807, 2.05) is 84.9 Å². The minimum absolute atomic E-state index is 0.148. The van der Waals surface area contributed by atoms with Crippen LogP contribution in [0.5, 0.6) is 23.0 Å². The molecule has 48 heavy (non-hydrogen) atoms. The molecule has 0 radical (unpaired) electrons. The zero-order chi connectivity index (χ0) is 33.6. The Balaban J connectivity index is 1.58. The molecule has 1 atom stereocenters. The van der Waals surface area contributed by atoms with E-state index in [2.05, 4.69) is 0 Å². The normalized spacial score (nSPS) is 14.2. The molecule has 1 aromatic heterocycles. The van der Waals surface area contributed by atoms with Crippen molar-refractivity contribution >= 4 is 29.1 Å². The predicted octanol–water partition coefficient (Wildman–Crippen LogP) is 5.54. The lowest BCUT2D eigenvalue weighted by Gasteiger charge is -2.26. The highest BCUT2D eigenvalue weighted by atomic mass is 32.1. The highest BCUT2D eigenvalue weighted by Crippen LogP contribution is 2.39. The summed E-state index contributed by atoms with van der Waals surface area (Å²) in [5.74, 6) is 1.43. The minimum atomic E-state index is -0.878. The van der Waals surface area contributed by atoms with E-state index in [0.717, 1.165) is 5.56 Å². The van der Waals surface area contributed by atoms with Crippen molar-refractivity contribution in [2.75, 3.05) is 27.9 Å². The SMILES string of the molecule is CCOC(=O)C1=C(c2ccccc2)N=c2s/c(=C\c3cccc(OC)c3OCc3ccccc3)c(=O)n2[C@H]1c1ccc(OC)c(OC)c1. The number of rotatable bonds is 11. The van der Waals surface area contributed by atoms with Gasteiger partial charge in [0, 0.05) is 11.1 Å². The fourth-order valence-corrected chi connectivity index (χ4v) is 6.60. The lowest BCUT2D eigenvalue weighted by Crippen LogP contribution is -2.40. The standard InChI is InChI=1S/C38H34N2O7S/c1-5-46-37(42)32-33(25-15-10-7-11-16-25)39-38-40(34(32)26-19-20-28(43-2)30(21-26)45-4)36(41)31(48-38)22-27-17-12-18-29(44-3)35(27)47-23-24-13-8-6-9-14-24/h6-22,34H,5,23H2,1-4H3/b31-22-/t34-/m0/s1. The second kappa shape index (κ2) is 14.4. The molecule has 0 saturated carbocycles. The number of ether oxygens (including phenoxy) is 5. The highest BCUT2D eigenvalue weighted by Gasteiger charge is 2.35. The van der Waals surface area contributed by atoms with Crippen LogP contribution in [0.2, 0.25) is 0 Å². The molecule has 0 amide bonds. The summed E-state index contributed by atoms with van der Waals surface area (Å²) < 4.78 is 30.5. The van der Waals surface area contributed by atoms with E-state index in [0.29, 0.717) is 61.3 Å². The van der Waals surface area contributed by atoms with Crippen LogP contribution >= 0.6 is 11.3 Å². The maximum absolute atomic E-state index is 14.5. The van der Waals surface area contributed by atoms with Gasteiger partial charge >= 0.3 is 5.97 Å². The molecule has 244 valence electrons. The smallest absolute Gasteiger partial charge is 0.338 e. The second-order valence-electron chi connectivity index (χ2n) is 10.7. The van der Waals surface area contributed by atoms with Crippen molar-refractivity contribution in [2.45, 2.75) is 19.6 Å². The summed E-state index contributed by atoms with van der Waals surface area (Å²) in [6.45, 7) is 2.20. The van der Waals surface area contributed by atoms with Gasteiger partial charge in [-0.3, -0.25) is 9.36 Å². The Bertz CT molecular complexity index is 2160. The number of carbonyl (C=O) groups is 1. The first-order valence-corrected chi connectivity index (χ1v) is 16.1. The molecule has 0 bridgehead atoms. The quantitative estimate of drug-likeness (QED) is 0.171. The Hall–Kier alpha value is -5.61. The Morgan fingerprint density at radius 2 is 1.56 bits per heavy atom. The molecule has 2 heterocycles. The van der Waals surface area contributed by atoms with Crippen molar-refractivity contribution in [3.8, 4) is 23.0 Å². The summed E-state index contributed by atoms with van der Waals surface area (Å²) in [4.78, 5) is 33.7. The van der Waals surface area contributed by atoms with Crippen molar-refractivity contribution in [2.24, 2.45) is 4.99 Å². The van der Waals surface area contributed by atoms with Gasteiger partial charge in [0.25, 0.3) is 5.56 Å². The molecule has 1 aliphatic rings. The number of para-hydroxylation sites is 1. The molecule has 6 rings (SSSR count). The lowest BCUT2D eigenvalue weighted by atomic mass is 9.93. The Morgan fingerprint density at radius 1 is 0.854 bits per heavy atom. The molecule has 10 heteroatoms. The fraction of sp³-hybridized carbons (Fsp3) is 0.184. The predicted molar refractivity (Wildman–Crippen MR) is 184 cm³/mol. The number of nitrogens with zero attached hydrogens (tertiary/aromatic N) is 2. The number of esters is 1. The van der Waals surface area contributed by atoms with Gasteiger partial charge in [-0.1, -0.05) is 90.2 Å². The Morgan fingerprint density at radius 3 is 2.25 bits per heavy atom. The molecule has 4 aromatic carbocycles. The molecule has 0 fully saturated rings. The molecule has 0 saturated heterocycles. The van der Waals surface area contributed by atoms with Crippen LogP contribution in [0.15, 0.2) is 112 Å². The first kappa shape index (κ1) is 32.3. The number of fused-ring (bicyclic) bond motifs is 1. The number of thiazole rings is 1. The molecule has 0 N–H and O–H groups in total. The average Bonchev–Trinajstić information content (AvgIpc) is 3.44.